The highest BCUT2D eigenvalue weighted by Crippen LogP contribution is 2.31. The van der Waals surface area contributed by atoms with Gasteiger partial charge >= 0.3 is 0 Å². The van der Waals surface area contributed by atoms with Crippen molar-refractivity contribution in [1.29, 1.82) is 0 Å². The zero-order valence-electron chi connectivity index (χ0n) is 22.0. The van der Waals surface area contributed by atoms with Crippen molar-refractivity contribution >= 4 is 62.3 Å². The Morgan fingerprint density at radius 3 is 2.13 bits per heavy atom. The molecule has 3 aromatic rings. The number of benzene rings is 3. The number of hydrogen-bond donors (Lipinski definition) is 1. The van der Waals surface area contributed by atoms with Crippen LogP contribution in [0.25, 0.3) is 0 Å². The third-order valence-electron chi connectivity index (χ3n) is 6.22. The molecule has 2 amide bonds. The Hall–Kier alpha value is -2.78. The maximum atomic E-state index is 13.9. The minimum absolute atomic E-state index is 0.0210. The smallest absolute Gasteiger partial charge is 0.264 e. The predicted octanol–water partition coefficient (Wildman–Crippen LogP) is 6.01. The van der Waals surface area contributed by atoms with E-state index < -0.39 is 34.4 Å². The molecule has 0 aliphatic rings. The number of likely N-dealkylation sites (N-methyl/N-ethyl adjacent to an activating group) is 1. The molecule has 39 heavy (non-hydrogen) atoms. The Bertz CT molecular complexity index is 1440. The van der Waals surface area contributed by atoms with Gasteiger partial charge in [-0.1, -0.05) is 58.6 Å². The molecule has 0 aliphatic heterocycles. The zero-order valence-corrected chi connectivity index (χ0v) is 25.1. The molecule has 11 heteroatoms. The molecule has 3 rings (SSSR count). The van der Waals surface area contributed by atoms with Gasteiger partial charge in [-0.15, -0.1) is 0 Å². The van der Waals surface area contributed by atoms with Crippen LogP contribution in [-0.4, -0.2) is 44.3 Å². The summed E-state index contributed by atoms with van der Waals surface area (Å²) in [4.78, 5) is 28.1. The van der Waals surface area contributed by atoms with Gasteiger partial charge in [-0.25, -0.2) is 8.42 Å². The van der Waals surface area contributed by atoms with E-state index >= 15 is 0 Å². The highest BCUT2D eigenvalue weighted by molar-refractivity contribution is 7.92. The normalized spacial score (nSPS) is 12.1. The summed E-state index contributed by atoms with van der Waals surface area (Å²) in [5.41, 5.74) is 2.18. The van der Waals surface area contributed by atoms with Gasteiger partial charge in [0.1, 0.15) is 12.6 Å². The van der Waals surface area contributed by atoms with Crippen molar-refractivity contribution in [3.63, 3.8) is 0 Å². The number of anilines is 1. The van der Waals surface area contributed by atoms with E-state index in [9.17, 15) is 18.0 Å². The van der Waals surface area contributed by atoms with Crippen LogP contribution < -0.4 is 9.62 Å². The molecular formula is C28H30Cl3N3O4S. The van der Waals surface area contributed by atoms with Crippen LogP contribution in [0.3, 0.4) is 0 Å². The summed E-state index contributed by atoms with van der Waals surface area (Å²) in [6.45, 7) is 6.57. The first-order valence-electron chi connectivity index (χ1n) is 12.2. The third kappa shape index (κ3) is 7.25. The van der Waals surface area contributed by atoms with Crippen LogP contribution in [0, 0.1) is 13.8 Å². The van der Waals surface area contributed by atoms with E-state index in [1.165, 1.54) is 17.0 Å². The first-order chi connectivity index (χ1) is 18.4. The number of carbonyl (C=O) groups excluding carboxylic acids is 2. The summed E-state index contributed by atoms with van der Waals surface area (Å²) >= 11 is 18.9. The molecule has 0 fully saturated rings. The Kier molecular flexibility index (Phi) is 10.3. The van der Waals surface area contributed by atoms with E-state index in [0.29, 0.717) is 32.7 Å². The number of aryl methyl sites for hydroxylation is 2. The van der Waals surface area contributed by atoms with Crippen LogP contribution in [0.1, 0.15) is 30.5 Å². The van der Waals surface area contributed by atoms with Gasteiger partial charge in [-0.3, -0.25) is 13.9 Å². The number of rotatable bonds is 10. The van der Waals surface area contributed by atoms with E-state index in [4.69, 9.17) is 34.8 Å². The van der Waals surface area contributed by atoms with Crippen molar-refractivity contribution in [2.45, 2.75) is 45.2 Å². The predicted molar refractivity (Wildman–Crippen MR) is 157 cm³/mol. The molecule has 0 bridgehead atoms. The minimum atomic E-state index is -4.19. The van der Waals surface area contributed by atoms with Crippen LogP contribution in [0.5, 0.6) is 0 Å². The monoisotopic (exact) mass is 609 g/mol. The molecular weight excluding hydrogens is 581 g/mol. The highest BCUT2D eigenvalue weighted by Gasteiger charge is 2.33. The SMILES string of the molecule is CCNC(=O)[C@@H](C)N(Cc1c(Cl)cccc1Cl)C(=O)CN(c1ccc(Cl)cc1C)S(=O)(=O)c1ccc(C)cc1. The average molecular weight is 611 g/mol. The number of hydrogen-bond acceptors (Lipinski definition) is 4. The van der Waals surface area contributed by atoms with E-state index in [0.717, 1.165) is 9.87 Å². The summed E-state index contributed by atoms with van der Waals surface area (Å²) in [7, 11) is -4.19. The minimum Gasteiger partial charge on any atom is -0.355 e. The summed E-state index contributed by atoms with van der Waals surface area (Å²) in [6.07, 6.45) is 0. The summed E-state index contributed by atoms with van der Waals surface area (Å²) in [6, 6.07) is 15.1. The Labute approximate surface area is 244 Å². The standard InChI is InChI=1S/C28H30Cl3N3O4S/c1-5-32-28(36)20(4)33(16-23-24(30)7-6-8-25(23)31)27(35)17-34(26-14-11-21(29)15-19(26)3)39(37,38)22-12-9-18(2)10-13-22/h6-15,20H,5,16-17H2,1-4H3,(H,32,36)/t20-/m1/s1. The Morgan fingerprint density at radius 1 is 0.949 bits per heavy atom. The second kappa shape index (κ2) is 13.0. The maximum Gasteiger partial charge on any atom is 0.264 e. The van der Waals surface area contributed by atoms with E-state index in [2.05, 4.69) is 5.32 Å². The average Bonchev–Trinajstić information content (AvgIpc) is 2.87. The number of carbonyl (C=O) groups is 2. The van der Waals surface area contributed by atoms with Crippen molar-refractivity contribution in [1.82, 2.24) is 10.2 Å². The lowest BCUT2D eigenvalue weighted by Crippen LogP contribution is -2.51. The molecule has 1 N–H and O–H groups in total. The molecule has 0 aliphatic carbocycles. The van der Waals surface area contributed by atoms with Crippen LogP contribution in [0.15, 0.2) is 65.6 Å². The zero-order chi connectivity index (χ0) is 28.9. The van der Waals surface area contributed by atoms with Gasteiger partial charge in [0, 0.05) is 33.7 Å². The quantitative estimate of drug-likeness (QED) is 0.305. The number of amides is 2. The van der Waals surface area contributed by atoms with E-state index in [1.54, 1.807) is 69.3 Å². The lowest BCUT2D eigenvalue weighted by molar-refractivity contribution is -0.139. The van der Waals surface area contributed by atoms with Crippen LogP contribution >= 0.6 is 34.8 Å². The van der Waals surface area contributed by atoms with Crippen molar-refractivity contribution in [2.24, 2.45) is 0 Å². The molecule has 208 valence electrons. The van der Waals surface area contributed by atoms with E-state index in [1.807, 2.05) is 6.92 Å². The molecule has 1 atom stereocenters. The van der Waals surface area contributed by atoms with Gasteiger partial charge < -0.3 is 10.2 Å². The van der Waals surface area contributed by atoms with Crippen molar-refractivity contribution in [2.75, 3.05) is 17.4 Å². The Balaban J connectivity index is 2.10. The molecule has 0 radical (unpaired) electrons. The second-order valence-corrected chi connectivity index (χ2v) is 12.2. The molecule has 0 saturated heterocycles. The fourth-order valence-corrected chi connectivity index (χ4v) is 6.23. The van der Waals surface area contributed by atoms with Gasteiger partial charge in [0.2, 0.25) is 11.8 Å². The molecule has 0 spiro atoms. The van der Waals surface area contributed by atoms with Gasteiger partial charge in [-0.2, -0.15) is 0 Å². The first-order valence-corrected chi connectivity index (χ1v) is 14.8. The third-order valence-corrected chi connectivity index (χ3v) is 8.94. The number of nitrogens with one attached hydrogen (secondary N) is 1. The van der Waals surface area contributed by atoms with E-state index in [-0.39, 0.29) is 17.1 Å². The first kappa shape index (κ1) is 30.8. The second-order valence-electron chi connectivity index (χ2n) is 9.05. The largest absolute Gasteiger partial charge is 0.355 e. The van der Waals surface area contributed by atoms with Gasteiger partial charge in [0.15, 0.2) is 0 Å². The number of halogens is 3. The van der Waals surface area contributed by atoms with Crippen LogP contribution in [0.2, 0.25) is 15.1 Å². The van der Waals surface area contributed by atoms with Gasteiger partial charge in [0.25, 0.3) is 10.0 Å². The van der Waals surface area contributed by atoms with Gasteiger partial charge in [-0.05, 0) is 75.7 Å². The van der Waals surface area contributed by atoms with Crippen molar-refractivity contribution in [3.8, 4) is 0 Å². The van der Waals surface area contributed by atoms with Crippen LogP contribution in [0.4, 0.5) is 5.69 Å². The van der Waals surface area contributed by atoms with Crippen LogP contribution in [-0.2, 0) is 26.2 Å². The molecule has 0 unspecified atom stereocenters. The molecule has 0 saturated carbocycles. The van der Waals surface area contributed by atoms with Gasteiger partial charge in [0.05, 0.1) is 10.6 Å². The fourth-order valence-electron chi connectivity index (χ4n) is 4.01. The number of nitrogens with zero attached hydrogens (tertiary/aromatic N) is 2. The fraction of sp³-hybridized carbons (Fsp3) is 0.286. The molecule has 0 aromatic heterocycles. The lowest BCUT2D eigenvalue weighted by Gasteiger charge is -2.32. The summed E-state index contributed by atoms with van der Waals surface area (Å²) < 4.78 is 28.9. The summed E-state index contributed by atoms with van der Waals surface area (Å²) in [5.74, 6) is -1.01. The summed E-state index contributed by atoms with van der Waals surface area (Å²) in [5, 5.41) is 3.78. The topological polar surface area (TPSA) is 86.8 Å². The molecule has 3 aromatic carbocycles. The highest BCUT2D eigenvalue weighted by atomic mass is 35.5. The number of sulfonamides is 1. The molecule has 7 nitrogen and oxygen atoms in total. The lowest BCUT2D eigenvalue weighted by atomic mass is 10.1. The van der Waals surface area contributed by atoms with Crippen molar-refractivity contribution in [3.05, 3.63) is 92.4 Å². The maximum absolute atomic E-state index is 13.9. The molecule has 0 heterocycles. The Morgan fingerprint density at radius 2 is 1.56 bits per heavy atom. The van der Waals surface area contributed by atoms with Crippen molar-refractivity contribution < 1.29 is 18.0 Å².